The summed E-state index contributed by atoms with van der Waals surface area (Å²) in [6.45, 7) is 2.61. The van der Waals surface area contributed by atoms with Crippen LogP contribution >= 0.6 is 0 Å². The number of pyridine rings is 1. The highest BCUT2D eigenvalue weighted by Gasteiger charge is 2.12. The lowest BCUT2D eigenvalue weighted by molar-refractivity contribution is 0.262. The van der Waals surface area contributed by atoms with Crippen molar-refractivity contribution in [3.05, 3.63) is 30.3 Å². The van der Waals surface area contributed by atoms with Gasteiger partial charge >= 0.3 is 0 Å². The zero-order valence-corrected chi connectivity index (χ0v) is 8.69. The lowest BCUT2D eigenvalue weighted by Gasteiger charge is -2.01. The van der Waals surface area contributed by atoms with Crippen LogP contribution in [0.5, 0.6) is 0 Å². The number of aromatic nitrogens is 1. The first-order valence-electron chi connectivity index (χ1n) is 5.21. The molecule has 1 atom stereocenters. The minimum Gasteiger partial charge on any atom is -0.396 e. The second-order valence-electron chi connectivity index (χ2n) is 3.52. The van der Waals surface area contributed by atoms with Crippen LogP contribution in [0.2, 0.25) is 0 Å². The summed E-state index contributed by atoms with van der Waals surface area (Å²) < 4.78 is 11.8. The third-order valence-electron chi connectivity index (χ3n) is 2.33. The maximum absolute atomic E-state index is 11.8. The largest absolute Gasteiger partial charge is 0.396 e. The van der Waals surface area contributed by atoms with Gasteiger partial charge < -0.3 is 10.4 Å². The van der Waals surface area contributed by atoms with E-state index in [9.17, 15) is 4.39 Å². The van der Waals surface area contributed by atoms with Crippen LogP contribution in [0.25, 0.3) is 0 Å². The Morgan fingerprint density at radius 2 is 2.40 bits per heavy atom. The maximum atomic E-state index is 11.8. The molecule has 1 aromatic heterocycles. The molecule has 0 spiro atoms. The number of hydrogen-bond acceptors (Lipinski definition) is 3. The van der Waals surface area contributed by atoms with Crippen LogP contribution in [-0.2, 0) is 0 Å². The average molecular weight is 212 g/mol. The summed E-state index contributed by atoms with van der Waals surface area (Å²) >= 11 is 0. The molecular formula is C11H17FN2O. The van der Waals surface area contributed by atoms with Gasteiger partial charge in [0.15, 0.2) is 0 Å². The van der Waals surface area contributed by atoms with Gasteiger partial charge in [0.2, 0.25) is 5.95 Å². The Morgan fingerprint density at radius 1 is 1.53 bits per heavy atom. The molecular weight excluding hydrogens is 195 g/mol. The van der Waals surface area contributed by atoms with Gasteiger partial charge in [-0.3, -0.25) is 0 Å². The van der Waals surface area contributed by atoms with Crippen LogP contribution in [0.1, 0.15) is 12.8 Å². The molecule has 0 amide bonds. The summed E-state index contributed by atoms with van der Waals surface area (Å²) in [6, 6.07) is 4.57. The predicted molar refractivity (Wildman–Crippen MR) is 56.9 cm³/mol. The molecule has 1 aliphatic heterocycles. The SMILES string of the molecule is Fc1ccccn1.OCC[C@@H]1CCNC1. The molecule has 3 nitrogen and oxygen atoms in total. The van der Waals surface area contributed by atoms with Crippen molar-refractivity contribution < 1.29 is 9.50 Å². The third kappa shape index (κ3) is 5.44. The molecule has 4 heteroatoms. The molecule has 84 valence electrons. The molecule has 2 rings (SSSR count). The summed E-state index contributed by atoms with van der Waals surface area (Å²) in [5.74, 6) is 0.322. The van der Waals surface area contributed by atoms with Crippen LogP contribution < -0.4 is 5.32 Å². The number of nitrogens with zero attached hydrogens (tertiary/aromatic N) is 1. The van der Waals surface area contributed by atoms with E-state index in [1.807, 2.05) is 0 Å². The van der Waals surface area contributed by atoms with Crippen LogP contribution in [0.15, 0.2) is 24.4 Å². The first-order valence-corrected chi connectivity index (χ1v) is 5.21. The number of rotatable bonds is 2. The molecule has 0 saturated carbocycles. The number of aliphatic hydroxyl groups is 1. The highest BCUT2D eigenvalue weighted by atomic mass is 19.1. The Labute approximate surface area is 89.4 Å². The fourth-order valence-electron chi connectivity index (χ4n) is 1.49. The van der Waals surface area contributed by atoms with E-state index in [1.165, 1.54) is 18.7 Å². The van der Waals surface area contributed by atoms with Gasteiger partial charge in [0.05, 0.1) is 0 Å². The van der Waals surface area contributed by atoms with Crippen LogP contribution in [0.3, 0.4) is 0 Å². The van der Waals surface area contributed by atoms with E-state index < -0.39 is 5.95 Å². The number of aliphatic hydroxyl groups excluding tert-OH is 1. The minimum atomic E-state index is -0.428. The number of hydrogen-bond donors (Lipinski definition) is 2. The Morgan fingerprint density at radius 3 is 2.80 bits per heavy atom. The van der Waals surface area contributed by atoms with Crippen molar-refractivity contribution in [3.8, 4) is 0 Å². The van der Waals surface area contributed by atoms with Crippen LogP contribution in [0, 0.1) is 11.9 Å². The fourth-order valence-corrected chi connectivity index (χ4v) is 1.49. The van der Waals surface area contributed by atoms with Gasteiger partial charge in [0, 0.05) is 12.8 Å². The van der Waals surface area contributed by atoms with E-state index in [0.717, 1.165) is 25.4 Å². The molecule has 0 aliphatic carbocycles. The Bertz CT molecular complexity index is 250. The van der Waals surface area contributed by atoms with Crippen molar-refractivity contribution in [1.29, 1.82) is 0 Å². The van der Waals surface area contributed by atoms with Crippen LogP contribution in [0.4, 0.5) is 4.39 Å². The lowest BCUT2D eigenvalue weighted by atomic mass is 10.1. The van der Waals surface area contributed by atoms with E-state index in [4.69, 9.17) is 5.11 Å². The molecule has 0 bridgehead atoms. The van der Waals surface area contributed by atoms with Crippen molar-refractivity contribution >= 4 is 0 Å². The van der Waals surface area contributed by atoms with Gasteiger partial charge in [-0.1, -0.05) is 6.07 Å². The molecule has 0 aromatic carbocycles. The van der Waals surface area contributed by atoms with Gasteiger partial charge in [0.1, 0.15) is 0 Å². The minimum absolute atomic E-state index is 0.354. The highest BCUT2D eigenvalue weighted by molar-refractivity contribution is 4.90. The molecule has 1 fully saturated rings. The van der Waals surface area contributed by atoms with Gasteiger partial charge in [-0.05, 0) is 44.0 Å². The lowest BCUT2D eigenvalue weighted by Crippen LogP contribution is -2.09. The van der Waals surface area contributed by atoms with Gasteiger partial charge in [-0.15, -0.1) is 0 Å². The number of nitrogens with one attached hydrogen (secondary N) is 1. The van der Waals surface area contributed by atoms with Crippen molar-refractivity contribution in [3.63, 3.8) is 0 Å². The van der Waals surface area contributed by atoms with Crippen molar-refractivity contribution in [1.82, 2.24) is 10.3 Å². The smallest absolute Gasteiger partial charge is 0.212 e. The van der Waals surface area contributed by atoms with Crippen molar-refractivity contribution in [2.45, 2.75) is 12.8 Å². The maximum Gasteiger partial charge on any atom is 0.212 e. The monoisotopic (exact) mass is 212 g/mol. The van der Waals surface area contributed by atoms with Crippen LogP contribution in [-0.4, -0.2) is 29.8 Å². The highest BCUT2D eigenvalue weighted by Crippen LogP contribution is 2.10. The van der Waals surface area contributed by atoms with E-state index in [2.05, 4.69) is 10.3 Å². The second-order valence-corrected chi connectivity index (χ2v) is 3.52. The van der Waals surface area contributed by atoms with Crippen molar-refractivity contribution in [2.75, 3.05) is 19.7 Å². The molecule has 2 heterocycles. The molecule has 1 aromatic rings. The van der Waals surface area contributed by atoms with E-state index in [1.54, 1.807) is 12.1 Å². The number of halogens is 1. The quantitative estimate of drug-likeness (QED) is 0.724. The third-order valence-corrected chi connectivity index (χ3v) is 2.33. The van der Waals surface area contributed by atoms with Gasteiger partial charge in [0.25, 0.3) is 0 Å². The standard InChI is InChI=1S/C6H13NO.C5H4FN/c8-4-2-6-1-3-7-5-6;6-5-3-1-2-4-7-5/h6-8H,1-5H2;1-4H/t6-;/m0./s1. The molecule has 2 N–H and O–H groups in total. The summed E-state index contributed by atoms with van der Waals surface area (Å²) in [6.07, 6.45) is 3.64. The summed E-state index contributed by atoms with van der Waals surface area (Å²) in [4.78, 5) is 3.31. The molecule has 0 radical (unpaired) electrons. The molecule has 0 unspecified atom stereocenters. The fraction of sp³-hybridized carbons (Fsp3) is 0.545. The van der Waals surface area contributed by atoms with Crippen molar-refractivity contribution in [2.24, 2.45) is 5.92 Å². The van der Waals surface area contributed by atoms with E-state index in [-0.39, 0.29) is 0 Å². The average Bonchev–Trinajstić information content (AvgIpc) is 2.73. The topological polar surface area (TPSA) is 45.2 Å². The van der Waals surface area contributed by atoms with E-state index in [0.29, 0.717) is 6.61 Å². The first kappa shape index (κ1) is 12.1. The summed E-state index contributed by atoms with van der Waals surface area (Å²) in [5, 5.41) is 11.7. The summed E-state index contributed by atoms with van der Waals surface area (Å²) in [7, 11) is 0. The Kier molecular flexibility index (Phi) is 5.88. The first-order chi connectivity index (χ1) is 7.33. The zero-order chi connectivity index (χ0) is 10.9. The zero-order valence-electron chi connectivity index (χ0n) is 8.69. The summed E-state index contributed by atoms with van der Waals surface area (Å²) in [5.41, 5.74) is 0. The Hall–Kier alpha value is -1.00. The molecule has 1 saturated heterocycles. The molecule has 15 heavy (non-hydrogen) atoms. The second kappa shape index (κ2) is 7.31. The predicted octanol–water partition coefficient (Wildman–Crippen LogP) is 1.20. The normalized spacial score (nSPS) is 19.5. The Balaban J connectivity index is 0.000000151. The van der Waals surface area contributed by atoms with Gasteiger partial charge in [-0.2, -0.15) is 4.39 Å². The molecule has 1 aliphatic rings. The van der Waals surface area contributed by atoms with E-state index >= 15 is 0 Å². The van der Waals surface area contributed by atoms with Gasteiger partial charge in [-0.25, -0.2) is 4.98 Å².